The minimum atomic E-state index is -0.712. The predicted molar refractivity (Wildman–Crippen MR) is 95.1 cm³/mol. The van der Waals surface area contributed by atoms with Crippen LogP contribution in [0, 0.1) is 0 Å². The van der Waals surface area contributed by atoms with E-state index in [9.17, 15) is 24.0 Å². The van der Waals surface area contributed by atoms with Gasteiger partial charge in [0.1, 0.15) is 6.04 Å². The molecule has 0 aromatic rings. The van der Waals surface area contributed by atoms with Gasteiger partial charge in [-0.2, -0.15) is 0 Å². The van der Waals surface area contributed by atoms with Crippen molar-refractivity contribution < 1.29 is 24.0 Å². The number of carbonyl (C=O) groups excluding carboxylic acids is 5. The molecule has 2 rings (SSSR count). The summed E-state index contributed by atoms with van der Waals surface area (Å²) in [4.78, 5) is 61.5. The Morgan fingerprint density at radius 2 is 1.78 bits per heavy atom. The van der Waals surface area contributed by atoms with Crippen LogP contribution in [-0.2, 0) is 24.0 Å². The van der Waals surface area contributed by atoms with E-state index in [1.165, 1.54) is 0 Å². The first kappa shape index (κ1) is 20.6. The van der Waals surface area contributed by atoms with Gasteiger partial charge >= 0.3 is 0 Å². The number of imide groups is 1. The van der Waals surface area contributed by atoms with Crippen LogP contribution in [0.25, 0.3) is 0 Å². The van der Waals surface area contributed by atoms with Crippen molar-refractivity contribution in [3.05, 3.63) is 12.2 Å². The van der Waals surface area contributed by atoms with Crippen LogP contribution in [0.5, 0.6) is 0 Å². The summed E-state index contributed by atoms with van der Waals surface area (Å²) < 4.78 is 0. The maximum atomic E-state index is 12.0. The summed E-state index contributed by atoms with van der Waals surface area (Å²) in [6.07, 6.45) is 2.19. The van der Waals surface area contributed by atoms with Gasteiger partial charge in [-0.25, -0.2) is 0 Å². The van der Waals surface area contributed by atoms with Gasteiger partial charge in [-0.05, 0) is 13.5 Å². The van der Waals surface area contributed by atoms with Crippen LogP contribution in [0.15, 0.2) is 12.2 Å². The molecule has 148 valence electrons. The molecule has 10 nitrogen and oxygen atoms in total. The molecule has 0 radical (unpaired) electrons. The zero-order valence-corrected chi connectivity index (χ0v) is 15.5. The Hall–Kier alpha value is -2.75. The van der Waals surface area contributed by atoms with Crippen LogP contribution in [0.1, 0.15) is 20.3 Å². The van der Waals surface area contributed by atoms with Crippen molar-refractivity contribution in [2.75, 3.05) is 32.7 Å². The highest BCUT2D eigenvalue weighted by Crippen LogP contribution is 2.06. The van der Waals surface area contributed by atoms with Crippen LogP contribution in [0.3, 0.4) is 0 Å². The van der Waals surface area contributed by atoms with Crippen molar-refractivity contribution >= 4 is 29.5 Å². The first-order chi connectivity index (χ1) is 12.8. The van der Waals surface area contributed by atoms with E-state index in [-0.39, 0.29) is 31.5 Å². The third-order valence-electron chi connectivity index (χ3n) is 4.43. The Labute approximate surface area is 157 Å². The molecular formula is C17H25N5O5. The first-order valence-corrected chi connectivity index (χ1v) is 8.92. The van der Waals surface area contributed by atoms with E-state index in [0.717, 1.165) is 36.7 Å². The summed E-state index contributed by atoms with van der Waals surface area (Å²) in [5.74, 6) is -2.15. The first-order valence-electron chi connectivity index (χ1n) is 8.92. The third kappa shape index (κ3) is 5.88. The Morgan fingerprint density at radius 1 is 1.15 bits per heavy atom. The van der Waals surface area contributed by atoms with Gasteiger partial charge in [-0.1, -0.05) is 6.92 Å². The lowest BCUT2D eigenvalue weighted by atomic mass is 10.1. The van der Waals surface area contributed by atoms with E-state index < -0.39 is 29.7 Å². The summed E-state index contributed by atoms with van der Waals surface area (Å²) in [5.41, 5.74) is 0. The average Bonchev–Trinajstić information content (AvgIpc) is 2.91. The topological polar surface area (TPSA) is 128 Å². The average molecular weight is 379 g/mol. The molecule has 1 fully saturated rings. The molecule has 3 N–H and O–H groups in total. The fourth-order valence-electron chi connectivity index (χ4n) is 2.74. The second-order valence-electron chi connectivity index (χ2n) is 6.54. The second kappa shape index (κ2) is 9.26. The van der Waals surface area contributed by atoms with Crippen LogP contribution in [0.4, 0.5) is 0 Å². The highest BCUT2D eigenvalue weighted by atomic mass is 16.2. The molecule has 0 bridgehead atoms. The molecular weight excluding hydrogens is 354 g/mol. The van der Waals surface area contributed by atoms with Gasteiger partial charge in [-0.3, -0.25) is 33.8 Å². The van der Waals surface area contributed by atoms with Crippen molar-refractivity contribution in [1.29, 1.82) is 0 Å². The van der Waals surface area contributed by atoms with E-state index in [1.54, 1.807) is 6.92 Å². The minimum absolute atomic E-state index is 0.0485. The number of nitrogens with one attached hydrogen (secondary N) is 3. The molecule has 10 heteroatoms. The predicted octanol–water partition coefficient (Wildman–Crippen LogP) is -2.26. The number of rotatable bonds is 9. The normalized spacial score (nSPS) is 18.2. The van der Waals surface area contributed by atoms with E-state index >= 15 is 0 Å². The Balaban J connectivity index is 1.60. The fourth-order valence-corrected chi connectivity index (χ4v) is 2.74. The summed E-state index contributed by atoms with van der Waals surface area (Å²) in [7, 11) is 0. The standard InChI is InChI=1S/C17H25N5O5/c1-3-21-9-12(10-21)20-17(27)11(2)19-14(24)8-18-13(23)6-7-22-15(25)4-5-16(22)26/h4-5,11-12H,3,6-10H2,1-2H3,(H,18,23)(H,19,24)(H,20,27). The van der Waals surface area contributed by atoms with Crippen molar-refractivity contribution in [3.63, 3.8) is 0 Å². The number of amides is 5. The van der Waals surface area contributed by atoms with Crippen LogP contribution in [0.2, 0.25) is 0 Å². The lowest BCUT2D eigenvalue weighted by molar-refractivity contribution is -0.137. The molecule has 27 heavy (non-hydrogen) atoms. The second-order valence-corrected chi connectivity index (χ2v) is 6.54. The van der Waals surface area contributed by atoms with Crippen molar-refractivity contribution in [2.24, 2.45) is 0 Å². The SMILES string of the molecule is CCN1CC(NC(=O)C(C)NC(=O)CNC(=O)CCN2C(=O)C=CC2=O)C1. The lowest BCUT2D eigenvalue weighted by Crippen LogP contribution is -2.61. The quantitative estimate of drug-likeness (QED) is 0.388. The number of likely N-dealkylation sites (N-methyl/N-ethyl adjacent to an activating group) is 1. The molecule has 1 atom stereocenters. The molecule has 2 heterocycles. The fraction of sp³-hybridized carbons (Fsp3) is 0.588. The third-order valence-corrected chi connectivity index (χ3v) is 4.43. The summed E-state index contributed by atoms with van der Waals surface area (Å²) in [5, 5.41) is 7.77. The van der Waals surface area contributed by atoms with Crippen molar-refractivity contribution in [3.8, 4) is 0 Å². The van der Waals surface area contributed by atoms with Gasteiger partial charge in [0.05, 0.1) is 12.6 Å². The van der Waals surface area contributed by atoms with Gasteiger partial charge in [0, 0.05) is 38.2 Å². The van der Waals surface area contributed by atoms with E-state index in [2.05, 4.69) is 20.9 Å². The molecule has 0 aromatic heterocycles. The van der Waals surface area contributed by atoms with Gasteiger partial charge in [0.2, 0.25) is 17.7 Å². The minimum Gasteiger partial charge on any atom is -0.349 e. The number of nitrogens with zero attached hydrogens (tertiary/aromatic N) is 2. The van der Waals surface area contributed by atoms with Crippen LogP contribution >= 0.6 is 0 Å². The zero-order chi connectivity index (χ0) is 20.0. The van der Waals surface area contributed by atoms with Gasteiger partial charge in [0.25, 0.3) is 11.8 Å². The monoisotopic (exact) mass is 379 g/mol. The smallest absolute Gasteiger partial charge is 0.253 e. The molecule has 5 amide bonds. The molecule has 2 aliphatic heterocycles. The maximum Gasteiger partial charge on any atom is 0.253 e. The lowest BCUT2D eigenvalue weighted by Gasteiger charge is -2.39. The number of likely N-dealkylation sites (tertiary alicyclic amines) is 1. The maximum absolute atomic E-state index is 12.0. The molecule has 0 saturated carbocycles. The van der Waals surface area contributed by atoms with E-state index in [0.29, 0.717) is 0 Å². The Bertz CT molecular complexity index is 638. The highest BCUT2D eigenvalue weighted by molar-refractivity contribution is 6.13. The molecule has 1 unspecified atom stereocenters. The van der Waals surface area contributed by atoms with Gasteiger partial charge in [-0.15, -0.1) is 0 Å². The number of carbonyl (C=O) groups is 5. The largest absolute Gasteiger partial charge is 0.349 e. The Morgan fingerprint density at radius 3 is 2.37 bits per heavy atom. The highest BCUT2D eigenvalue weighted by Gasteiger charge is 2.28. The van der Waals surface area contributed by atoms with Crippen LogP contribution < -0.4 is 16.0 Å². The molecule has 2 aliphatic rings. The zero-order valence-electron chi connectivity index (χ0n) is 15.5. The van der Waals surface area contributed by atoms with E-state index in [4.69, 9.17) is 0 Å². The Kier molecular flexibility index (Phi) is 7.05. The van der Waals surface area contributed by atoms with Gasteiger partial charge in [0.15, 0.2) is 0 Å². The molecule has 0 spiro atoms. The summed E-state index contributed by atoms with van der Waals surface area (Å²) >= 11 is 0. The van der Waals surface area contributed by atoms with E-state index in [1.807, 2.05) is 6.92 Å². The molecule has 0 aliphatic carbocycles. The summed E-state index contributed by atoms with van der Waals surface area (Å²) in [6, 6.07) is -0.613. The van der Waals surface area contributed by atoms with Crippen molar-refractivity contribution in [2.45, 2.75) is 32.4 Å². The van der Waals surface area contributed by atoms with Crippen molar-refractivity contribution in [1.82, 2.24) is 25.8 Å². The summed E-state index contributed by atoms with van der Waals surface area (Å²) in [6.45, 7) is 5.83. The van der Waals surface area contributed by atoms with Crippen LogP contribution in [-0.4, -0.2) is 84.1 Å². The molecule has 1 saturated heterocycles. The molecule has 0 aromatic carbocycles. The van der Waals surface area contributed by atoms with Gasteiger partial charge < -0.3 is 16.0 Å². The number of hydrogen-bond donors (Lipinski definition) is 3. The number of hydrogen-bond acceptors (Lipinski definition) is 6.